The van der Waals surface area contributed by atoms with Crippen LogP contribution in [0.2, 0.25) is 0 Å². The predicted molar refractivity (Wildman–Crippen MR) is 72.9 cm³/mol. The molecule has 1 nitrogen and oxygen atoms in total. The van der Waals surface area contributed by atoms with Gasteiger partial charge in [0, 0.05) is 23.3 Å². The van der Waals surface area contributed by atoms with Crippen molar-refractivity contribution in [3.8, 4) is 0 Å². The molecule has 0 aromatic heterocycles. The summed E-state index contributed by atoms with van der Waals surface area (Å²) in [7, 11) is -0.611. The highest BCUT2D eigenvalue weighted by atomic mass is 32.2. The summed E-state index contributed by atoms with van der Waals surface area (Å²) >= 11 is 0. The van der Waals surface area contributed by atoms with E-state index in [9.17, 15) is 4.21 Å². The van der Waals surface area contributed by atoms with Crippen molar-refractivity contribution in [3.63, 3.8) is 0 Å². The molecule has 2 heteroatoms. The molecule has 0 fully saturated rings. The Labute approximate surface area is 101 Å². The molecule has 2 aromatic carbocycles. The Bertz CT molecular complexity index is 257. The van der Waals surface area contributed by atoms with Crippen molar-refractivity contribution < 1.29 is 4.21 Å². The first-order chi connectivity index (χ1) is 7.73. The van der Waals surface area contributed by atoms with Crippen LogP contribution < -0.4 is 0 Å². The van der Waals surface area contributed by atoms with Gasteiger partial charge in [0.25, 0.3) is 0 Å². The molecule has 0 aliphatic heterocycles. The van der Waals surface area contributed by atoms with E-state index in [1.54, 1.807) is 12.5 Å². The second-order valence-electron chi connectivity index (χ2n) is 3.05. The smallest absolute Gasteiger partial charge is 0.0148 e. The lowest BCUT2D eigenvalue weighted by molar-refractivity contribution is 0.690. The van der Waals surface area contributed by atoms with E-state index in [1.807, 2.05) is 72.8 Å². The van der Waals surface area contributed by atoms with E-state index in [1.165, 1.54) is 0 Å². The van der Waals surface area contributed by atoms with Gasteiger partial charge >= 0.3 is 0 Å². The first-order valence-corrected chi connectivity index (χ1v) is 6.95. The molecule has 0 N–H and O–H groups in total. The minimum Gasteiger partial charge on any atom is -0.260 e. The standard InChI is InChI=1S/2C6H6.C2H6OS/c2*1-2-4-6-5-3-1;1-4(2)3/h2*1-6H;1-2H3. The van der Waals surface area contributed by atoms with Crippen molar-refractivity contribution in [2.45, 2.75) is 0 Å². The van der Waals surface area contributed by atoms with Crippen LogP contribution in [0.5, 0.6) is 0 Å². The lowest BCUT2D eigenvalue weighted by atomic mass is 10.4. The monoisotopic (exact) mass is 234 g/mol. The number of hydrogen-bond acceptors (Lipinski definition) is 1. The quantitative estimate of drug-likeness (QED) is 0.683. The molecular formula is C14H18OS. The van der Waals surface area contributed by atoms with Crippen molar-refractivity contribution in [1.82, 2.24) is 0 Å². The number of benzene rings is 2. The fourth-order valence-corrected chi connectivity index (χ4v) is 0.770. The average Bonchev–Trinajstić information content (AvgIpc) is 2.34. The zero-order chi connectivity index (χ0) is 12.1. The van der Waals surface area contributed by atoms with Crippen LogP contribution in [0, 0.1) is 0 Å². The summed E-state index contributed by atoms with van der Waals surface area (Å²) in [6.07, 6.45) is 3.28. The molecule has 0 saturated carbocycles. The van der Waals surface area contributed by atoms with Gasteiger partial charge in [-0.3, -0.25) is 4.21 Å². The molecule has 2 rings (SSSR count). The van der Waals surface area contributed by atoms with Crippen LogP contribution in [0.25, 0.3) is 0 Å². The van der Waals surface area contributed by atoms with Gasteiger partial charge in [-0.05, 0) is 0 Å². The van der Waals surface area contributed by atoms with Crippen LogP contribution in [0.4, 0.5) is 0 Å². The zero-order valence-corrected chi connectivity index (χ0v) is 10.6. The average molecular weight is 234 g/mol. The van der Waals surface area contributed by atoms with E-state index >= 15 is 0 Å². The Morgan fingerprint density at radius 3 is 0.625 bits per heavy atom. The Balaban J connectivity index is 0.000000217. The van der Waals surface area contributed by atoms with Gasteiger partial charge in [-0.15, -0.1) is 0 Å². The Morgan fingerprint density at radius 1 is 0.500 bits per heavy atom. The van der Waals surface area contributed by atoms with Gasteiger partial charge in [0.15, 0.2) is 0 Å². The molecule has 0 atom stereocenters. The van der Waals surface area contributed by atoms with Gasteiger partial charge in [0.2, 0.25) is 0 Å². The maximum Gasteiger partial charge on any atom is 0.0148 e. The van der Waals surface area contributed by atoms with Crippen molar-refractivity contribution in [2.24, 2.45) is 0 Å². The molecule has 0 bridgehead atoms. The van der Waals surface area contributed by atoms with Gasteiger partial charge in [-0.25, -0.2) is 0 Å². The van der Waals surface area contributed by atoms with Crippen molar-refractivity contribution in [1.29, 1.82) is 0 Å². The molecule has 0 radical (unpaired) electrons. The third-order valence-corrected chi connectivity index (χ3v) is 1.33. The van der Waals surface area contributed by atoms with Crippen LogP contribution in [0.15, 0.2) is 72.8 Å². The Morgan fingerprint density at radius 2 is 0.562 bits per heavy atom. The van der Waals surface area contributed by atoms with Crippen molar-refractivity contribution >= 4 is 10.8 Å². The topological polar surface area (TPSA) is 17.1 Å². The van der Waals surface area contributed by atoms with Crippen LogP contribution in [0.1, 0.15) is 0 Å². The minimum atomic E-state index is -0.611. The highest BCUT2D eigenvalue weighted by Gasteiger charge is 1.58. The summed E-state index contributed by atoms with van der Waals surface area (Å²) in [6.45, 7) is 0. The molecule has 86 valence electrons. The highest BCUT2D eigenvalue weighted by molar-refractivity contribution is 7.83. The first-order valence-electron chi connectivity index (χ1n) is 4.98. The third kappa shape index (κ3) is 15.1. The molecule has 16 heavy (non-hydrogen) atoms. The van der Waals surface area contributed by atoms with E-state index in [-0.39, 0.29) is 0 Å². The lowest BCUT2D eigenvalue weighted by Gasteiger charge is -1.69. The van der Waals surface area contributed by atoms with Crippen LogP contribution >= 0.6 is 0 Å². The minimum absolute atomic E-state index is 0.611. The lowest BCUT2D eigenvalue weighted by Crippen LogP contribution is -1.70. The van der Waals surface area contributed by atoms with E-state index in [0.29, 0.717) is 0 Å². The van der Waals surface area contributed by atoms with E-state index in [0.717, 1.165) is 0 Å². The maximum atomic E-state index is 9.56. The molecular weight excluding hydrogens is 216 g/mol. The van der Waals surface area contributed by atoms with Crippen molar-refractivity contribution in [3.05, 3.63) is 72.8 Å². The zero-order valence-electron chi connectivity index (χ0n) is 9.74. The van der Waals surface area contributed by atoms with E-state index in [2.05, 4.69) is 0 Å². The molecule has 0 aliphatic rings. The Hall–Kier alpha value is -1.41. The molecule has 0 unspecified atom stereocenters. The Kier molecular flexibility index (Phi) is 10.6. The molecule has 2 aromatic rings. The number of rotatable bonds is 0. The molecule has 0 heterocycles. The second-order valence-corrected chi connectivity index (χ2v) is 4.53. The summed E-state index contributed by atoms with van der Waals surface area (Å²) in [5.74, 6) is 0. The molecule has 0 aliphatic carbocycles. The van der Waals surface area contributed by atoms with Gasteiger partial charge in [0.05, 0.1) is 0 Å². The van der Waals surface area contributed by atoms with Gasteiger partial charge < -0.3 is 0 Å². The molecule has 0 amide bonds. The highest BCUT2D eigenvalue weighted by Crippen LogP contribution is 1.80. The van der Waals surface area contributed by atoms with Gasteiger partial charge in [-0.2, -0.15) is 0 Å². The summed E-state index contributed by atoms with van der Waals surface area (Å²) in [4.78, 5) is 0. The van der Waals surface area contributed by atoms with E-state index < -0.39 is 10.8 Å². The van der Waals surface area contributed by atoms with Crippen LogP contribution in [-0.2, 0) is 10.8 Å². The third-order valence-electron chi connectivity index (χ3n) is 1.33. The fourth-order valence-electron chi connectivity index (χ4n) is 0.770. The van der Waals surface area contributed by atoms with Gasteiger partial charge in [-0.1, -0.05) is 72.8 Å². The SMILES string of the molecule is CS(C)=O.c1ccccc1.c1ccccc1. The summed E-state index contributed by atoms with van der Waals surface area (Å²) in [6, 6.07) is 24.0. The fraction of sp³-hybridized carbons (Fsp3) is 0.143. The second kappa shape index (κ2) is 11.7. The summed E-state index contributed by atoms with van der Waals surface area (Å²) in [5, 5.41) is 0. The summed E-state index contributed by atoms with van der Waals surface area (Å²) in [5.41, 5.74) is 0. The van der Waals surface area contributed by atoms with Crippen LogP contribution in [-0.4, -0.2) is 16.7 Å². The van der Waals surface area contributed by atoms with E-state index in [4.69, 9.17) is 0 Å². The molecule has 0 saturated heterocycles. The first kappa shape index (κ1) is 14.6. The number of hydrogen-bond donors (Lipinski definition) is 0. The normalized spacial score (nSPS) is 8.19. The van der Waals surface area contributed by atoms with Gasteiger partial charge in [0.1, 0.15) is 0 Å². The predicted octanol–water partition coefficient (Wildman–Crippen LogP) is 3.37. The largest absolute Gasteiger partial charge is 0.260 e. The molecule has 0 spiro atoms. The van der Waals surface area contributed by atoms with Crippen molar-refractivity contribution in [2.75, 3.05) is 12.5 Å². The van der Waals surface area contributed by atoms with Crippen LogP contribution in [0.3, 0.4) is 0 Å². The summed E-state index contributed by atoms with van der Waals surface area (Å²) < 4.78 is 9.56. The maximum absolute atomic E-state index is 9.56.